The highest BCUT2D eigenvalue weighted by molar-refractivity contribution is 5.99. The van der Waals surface area contributed by atoms with Crippen LogP contribution in [0.5, 0.6) is 0 Å². The molecule has 3 amide bonds. The minimum atomic E-state index is -1.10. The maximum Gasteiger partial charge on any atom is 0.247 e. The van der Waals surface area contributed by atoms with Crippen molar-refractivity contribution in [1.82, 2.24) is 30.5 Å². The summed E-state index contributed by atoms with van der Waals surface area (Å²) in [7, 11) is 0. The third kappa shape index (κ3) is 4.24. The Balaban J connectivity index is 1.26. The lowest BCUT2D eigenvalue weighted by molar-refractivity contribution is -0.146. The molecule has 0 saturated carbocycles. The van der Waals surface area contributed by atoms with E-state index in [0.29, 0.717) is 44.3 Å². The lowest BCUT2D eigenvalue weighted by atomic mass is 9.66. The monoisotopic (exact) mass is 546 g/mol. The molecule has 3 aromatic rings. The van der Waals surface area contributed by atoms with Gasteiger partial charge >= 0.3 is 0 Å². The topological polar surface area (TPSA) is 139 Å². The first-order valence-electron chi connectivity index (χ1n) is 13.9. The molecule has 11 heteroatoms. The summed E-state index contributed by atoms with van der Waals surface area (Å²) in [4.78, 5) is 43.1. The van der Waals surface area contributed by atoms with E-state index in [1.165, 1.54) is 0 Å². The van der Waals surface area contributed by atoms with Crippen LogP contribution >= 0.6 is 0 Å². The maximum atomic E-state index is 14.0. The van der Waals surface area contributed by atoms with E-state index in [1.54, 1.807) is 9.58 Å². The van der Waals surface area contributed by atoms with E-state index in [4.69, 9.17) is 4.74 Å². The summed E-state index contributed by atoms with van der Waals surface area (Å²) in [6.07, 6.45) is 2.11. The zero-order valence-corrected chi connectivity index (χ0v) is 22.5. The molecule has 40 heavy (non-hydrogen) atoms. The van der Waals surface area contributed by atoms with Crippen molar-refractivity contribution in [2.45, 2.75) is 63.1 Å². The predicted molar refractivity (Wildman–Crippen MR) is 144 cm³/mol. The fraction of sp³-hybridized carbons (Fsp3) is 0.483. The van der Waals surface area contributed by atoms with Crippen LogP contribution in [0.25, 0.3) is 11.0 Å². The molecule has 2 aromatic carbocycles. The second-order valence-electron chi connectivity index (χ2n) is 11.2. The minimum Gasteiger partial charge on any atom is -0.396 e. The Morgan fingerprint density at radius 2 is 1.82 bits per heavy atom. The molecule has 11 nitrogen and oxygen atoms in total. The highest BCUT2D eigenvalue weighted by Gasteiger charge is 2.77. The summed E-state index contributed by atoms with van der Waals surface area (Å²) in [5.41, 5.74) is 0.503. The molecule has 5 atom stereocenters. The number of para-hydroxylation sites is 1. The van der Waals surface area contributed by atoms with Crippen molar-refractivity contribution in [3.63, 3.8) is 0 Å². The quantitative estimate of drug-likeness (QED) is 0.327. The van der Waals surface area contributed by atoms with Crippen LogP contribution in [0.2, 0.25) is 0 Å². The summed E-state index contributed by atoms with van der Waals surface area (Å²) >= 11 is 0. The first-order chi connectivity index (χ1) is 19.4. The van der Waals surface area contributed by atoms with Crippen molar-refractivity contribution in [1.29, 1.82) is 0 Å². The van der Waals surface area contributed by atoms with Crippen molar-refractivity contribution >= 4 is 28.8 Å². The smallest absolute Gasteiger partial charge is 0.247 e. The fourth-order valence-corrected chi connectivity index (χ4v) is 6.94. The standard InChI is InChI=1S/C29H34N6O5/c1-28-13-14-29(40-28)23(22(28)25(37)30-17-19-9-3-2-4-10-19)27(39)34(15-7-8-16-36)24(29)26(38)31-18-35-21-12-6-5-11-20(21)32-33-35/h2-6,9-12,22-24,36H,7-8,13-18H2,1H3,(H,30,37)(H,31,38)/t22-,23-,24?,28+,29?/m0/s1. The number of aliphatic hydroxyl groups excluding tert-OH is 1. The van der Waals surface area contributed by atoms with Gasteiger partial charge in [-0.1, -0.05) is 47.7 Å². The highest BCUT2D eigenvalue weighted by Crippen LogP contribution is 2.63. The molecule has 3 fully saturated rings. The van der Waals surface area contributed by atoms with Gasteiger partial charge in [0.2, 0.25) is 17.7 Å². The molecule has 0 aliphatic carbocycles. The van der Waals surface area contributed by atoms with E-state index in [2.05, 4.69) is 20.9 Å². The lowest BCUT2D eigenvalue weighted by Gasteiger charge is -2.33. The van der Waals surface area contributed by atoms with Crippen LogP contribution in [0.4, 0.5) is 0 Å². The van der Waals surface area contributed by atoms with E-state index in [-0.39, 0.29) is 31.0 Å². The normalized spacial score (nSPS) is 28.7. The number of nitrogens with zero attached hydrogens (tertiary/aromatic N) is 4. The molecule has 3 aliphatic heterocycles. The number of aliphatic hydroxyl groups is 1. The summed E-state index contributed by atoms with van der Waals surface area (Å²) in [5.74, 6) is -2.31. The number of amides is 3. The van der Waals surface area contributed by atoms with Gasteiger partial charge in [-0.15, -0.1) is 5.10 Å². The zero-order valence-electron chi connectivity index (χ0n) is 22.5. The molecule has 6 rings (SSSR count). The molecular formula is C29H34N6O5. The Morgan fingerprint density at radius 3 is 2.62 bits per heavy atom. The first kappa shape index (κ1) is 26.4. The molecule has 210 valence electrons. The van der Waals surface area contributed by atoms with Gasteiger partial charge in [0.15, 0.2) is 0 Å². The van der Waals surface area contributed by atoms with Crippen molar-refractivity contribution in [2.24, 2.45) is 11.8 Å². The van der Waals surface area contributed by atoms with Gasteiger partial charge in [-0.25, -0.2) is 4.68 Å². The van der Waals surface area contributed by atoms with Crippen LogP contribution in [0.3, 0.4) is 0 Å². The highest BCUT2D eigenvalue weighted by atomic mass is 16.5. The van der Waals surface area contributed by atoms with Gasteiger partial charge in [-0.3, -0.25) is 14.4 Å². The Morgan fingerprint density at radius 1 is 1.05 bits per heavy atom. The second-order valence-corrected chi connectivity index (χ2v) is 11.2. The van der Waals surface area contributed by atoms with E-state index >= 15 is 0 Å². The largest absolute Gasteiger partial charge is 0.396 e. The SMILES string of the molecule is C[C@]12CCC3(O1)C(C(=O)NCn1nnc4ccccc41)N(CCCCO)C(=O)[C@@H]3[C@H]2C(=O)NCc1ccccc1. The van der Waals surface area contributed by atoms with Crippen LogP contribution < -0.4 is 10.6 Å². The van der Waals surface area contributed by atoms with Crippen LogP contribution in [-0.4, -0.2) is 73.1 Å². The van der Waals surface area contributed by atoms with Gasteiger partial charge in [0.05, 0.1) is 23.0 Å². The summed E-state index contributed by atoms with van der Waals surface area (Å²) in [5, 5.41) is 23.6. The van der Waals surface area contributed by atoms with Gasteiger partial charge in [-0.2, -0.15) is 0 Å². The molecule has 1 aromatic heterocycles. The fourth-order valence-electron chi connectivity index (χ4n) is 6.94. The van der Waals surface area contributed by atoms with Gasteiger partial charge < -0.3 is 25.4 Å². The van der Waals surface area contributed by atoms with Crippen molar-refractivity contribution in [3.05, 3.63) is 60.2 Å². The molecule has 2 unspecified atom stereocenters. The first-order valence-corrected chi connectivity index (χ1v) is 13.9. The summed E-state index contributed by atoms with van der Waals surface area (Å²) in [6.45, 7) is 2.59. The molecule has 1 spiro atoms. The summed E-state index contributed by atoms with van der Waals surface area (Å²) in [6, 6.07) is 16.2. The van der Waals surface area contributed by atoms with Crippen LogP contribution in [-0.2, 0) is 32.3 Å². The Bertz CT molecular complexity index is 1430. The number of aromatic nitrogens is 3. The molecule has 3 N–H and O–H groups in total. The number of nitrogens with one attached hydrogen (secondary N) is 2. The molecule has 3 aliphatic rings. The number of fused-ring (bicyclic) bond motifs is 2. The van der Waals surface area contributed by atoms with E-state index in [1.807, 2.05) is 61.5 Å². The molecule has 4 heterocycles. The Kier molecular flexibility index (Phi) is 6.79. The lowest BCUT2D eigenvalue weighted by Crippen LogP contribution is -2.55. The third-order valence-electron chi connectivity index (χ3n) is 8.75. The number of ether oxygens (including phenoxy) is 1. The molecule has 0 radical (unpaired) electrons. The number of carbonyl (C=O) groups is 3. The number of benzene rings is 2. The van der Waals surface area contributed by atoms with Crippen LogP contribution in [0.15, 0.2) is 54.6 Å². The van der Waals surface area contributed by atoms with Crippen molar-refractivity contribution in [3.8, 4) is 0 Å². The van der Waals surface area contributed by atoms with Crippen molar-refractivity contribution in [2.75, 3.05) is 13.2 Å². The maximum absolute atomic E-state index is 14.0. The number of hydrogen-bond donors (Lipinski definition) is 3. The van der Waals surface area contributed by atoms with Crippen LogP contribution in [0, 0.1) is 11.8 Å². The number of carbonyl (C=O) groups excluding carboxylic acids is 3. The van der Waals surface area contributed by atoms with Gasteiger partial charge in [0.1, 0.15) is 23.8 Å². The number of unbranched alkanes of at least 4 members (excludes halogenated alkanes) is 1. The zero-order chi connectivity index (χ0) is 27.9. The Labute approximate surface area is 231 Å². The predicted octanol–water partition coefficient (Wildman–Crippen LogP) is 1.36. The molecule has 2 bridgehead atoms. The van der Waals surface area contributed by atoms with E-state index < -0.39 is 29.1 Å². The van der Waals surface area contributed by atoms with E-state index in [9.17, 15) is 19.5 Å². The number of rotatable bonds is 10. The Hall–Kier alpha value is -3.83. The number of hydrogen-bond acceptors (Lipinski definition) is 7. The van der Waals surface area contributed by atoms with Gasteiger partial charge in [0, 0.05) is 19.7 Å². The third-order valence-corrected chi connectivity index (χ3v) is 8.75. The van der Waals surface area contributed by atoms with Crippen molar-refractivity contribution < 1.29 is 24.2 Å². The average Bonchev–Trinajstić information content (AvgIpc) is 3.67. The van der Waals surface area contributed by atoms with E-state index in [0.717, 1.165) is 11.1 Å². The average molecular weight is 547 g/mol. The molecule has 3 saturated heterocycles. The van der Waals surface area contributed by atoms with Gasteiger partial charge in [0.25, 0.3) is 0 Å². The van der Waals surface area contributed by atoms with Gasteiger partial charge in [-0.05, 0) is 50.3 Å². The summed E-state index contributed by atoms with van der Waals surface area (Å²) < 4.78 is 8.24. The minimum absolute atomic E-state index is 0.00801. The molecular weight excluding hydrogens is 512 g/mol. The van der Waals surface area contributed by atoms with Crippen LogP contribution in [0.1, 0.15) is 38.2 Å². The second kappa shape index (κ2) is 10.3. The number of likely N-dealkylation sites (tertiary alicyclic amines) is 1.